The molecule has 1 fully saturated rings. The maximum atomic E-state index is 12.9. The van der Waals surface area contributed by atoms with Gasteiger partial charge in [-0.2, -0.15) is 13.2 Å². The van der Waals surface area contributed by atoms with Crippen molar-refractivity contribution >= 4 is 15.9 Å². The summed E-state index contributed by atoms with van der Waals surface area (Å²) in [5.41, 5.74) is -1.19. The number of amides is 1. The van der Waals surface area contributed by atoms with Gasteiger partial charge in [-0.05, 0) is 47.9 Å². The first-order chi connectivity index (χ1) is 12.8. The first kappa shape index (κ1) is 20.6. The van der Waals surface area contributed by atoms with E-state index in [9.17, 15) is 26.4 Å². The van der Waals surface area contributed by atoms with Crippen molar-refractivity contribution in [3.8, 4) is 0 Å². The van der Waals surface area contributed by atoms with Gasteiger partial charge in [0.05, 0.1) is 10.5 Å². The van der Waals surface area contributed by atoms with Crippen LogP contribution in [0.1, 0.15) is 36.2 Å². The highest BCUT2D eigenvalue weighted by atomic mass is 32.2. The molecule has 1 aromatic rings. The highest BCUT2D eigenvalue weighted by Gasteiger charge is 2.60. The molecular formula is C19H21F3N2O3S. The lowest BCUT2D eigenvalue weighted by Gasteiger charge is -2.16. The Hall–Kier alpha value is -2.13. The van der Waals surface area contributed by atoms with Crippen molar-refractivity contribution in [2.75, 3.05) is 0 Å². The zero-order valence-corrected chi connectivity index (χ0v) is 16.1. The van der Waals surface area contributed by atoms with Gasteiger partial charge >= 0.3 is 6.18 Å². The highest BCUT2D eigenvalue weighted by Crippen LogP contribution is 2.57. The largest absolute Gasteiger partial charge is 0.416 e. The van der Waals surface area contributed by atoms with E-state index in [-0.39, 0.29) is 33.8 Å². The van der Waals surface area contributed by atoms with Crippen LogP contribution < -0.4 is 10.5 Å². The first-order valence-corrected chi connectivity index (χ1v) is 10.3. The van der Waals surface area contributed by atoms with Crippen LogP contribution in [0, 0.1) is 17.3 Å². The standard InChI is InChI=1S/C19H21F3N2O3S/c1-18(2)15(11-6-8-14(9-7-11)28(23,26)27)16(18)24-17(25)12-4-3-5-13(10-12)19(20,21)22/h3-6,8-11,15-16H,7H2,1-2H3,(H,24,25)(H2,23,26,27)/t11?,15-,16-/m0/s1. The fourth-order valence-electron chi connectivity index (χ4n) is 3.91. The molecule has 0 aliphatic heterocycles. The predicted molar refractivity (Wildman–Crippen MR) is 98.4 cm³/mol. The molecule has 0 saturated heterocycles. The third kappa shape index (κ3) is 4.00. The van der Waals surface area contributed by atoms with Crippen molar-refractivity contribution in [2.45, 2.75) is 32.5 Å². The number of sulfonamides is 1. The molecule has 3 atom stereocenters. The number of rotatable bonds is 4. The summed E-state index contributed by atoms with van der Waals surface area (Å²) in [6.07, 6.45) is 0.733. The quantitative estimate of drug-likeness (QED) is 0.793. The van der Waals surface area contributed by atoms with Gasteiger partial charge in [-0.25, -0.2) is 13.6 Å². The van der Waals surface area contributed by atoms with Crippen molar-refractivity contribution in [1.82, 2.24) is 5.32 Å². The number of carbonyl (C=O) groups is 1. The fraction of sp³-hybridized carbons (Fsp3) is 0.421. The third-order valence-electron chi connectivity index (χ3n) is 5.54. The summed E-state index contributed by atoms with van der Waals surface area (Å²) in [4.78, 5) is 12.5. The minimum Gasteiger partial charge on any atom is -0.348 e. The average molecular weight is 414 g/mol. The van der Waals surface area contributed by atoms with Crippen LogP contribution in [0.15, 0.2) is 47.4 Å². The minimum absolute atomic E-state index is 0.00677. The number of benzene rings is 1. The van der Waals surface area contributed by atoms with Gasteiger partial charge in [0.15, 0.2) is 0 Å². The SMILES string of the molecule is CC1(C)[C@@H](NC(=O)c2cccc(C(F)(F)F)c2)[C@@H]1C1C=CC(S(N)(=O)=O)=CC1. The molecule has 3 rings (SSSR count). The van der Waals surface area contributed by atoms with E-state index in [4.69, 9.17) is 5.14 Å². The molecule has 1 saturated carbocycles. The van der Waals surface area contributed by atoms with E-state index in [0.29, 0.717) is 6.42 Å². The van der Waals surface area contributed by atoms with Gasteiger partial charge in [0.2, 0.25) is 10.0 Å². The van der Waals surface area contributed by atoms with Crippen LogP contribution in [0.25, 0.3) is 0 Å². The monoisotopic (exact) mass is 414 g/mol. The molecule has 0 bridgehead atoms. The van der Waals surface area contributed by atoms with Crippen LogP contribution in [-0.2, 0) is 16.2 Å². The van der Waals surface area contributed by atoms with E-state index < -0.39 is 27.7 Å². The molecule has 0 aromatic heterocycles. The number of allylic oxidation sites excluding steroid dienone is 3. The van der Waals surface area contributed by atoms with Gasteiger partial charge in [-0.15, -0.1) is 0 Å². The zero-order valence-electron chi connectivity index (χ0n) is 15.3. The Morgan fingerprint density at radius 3 is 2.50 bits per heavy atom. The van der Waals surface area contributed by atoms with Gasteiger partial charge in [-0.3, -0.25) is 4.79 Å². The van der Waals surface area contributed by atoms with E-state index in [1.807, 2.05) is 13.8 Å². The molecule has 1 aromatic carbocycles. The first-order valence-electron chi connectivity index (χ1n) is 8.71. The summed E-state index contributed by atoms with van der Waals surface area (Å²) in [5.74, 6) is -0.517. The molecule has 28 heavy (non-hydrogen) atoms. The summed E-state index contributed by atoms with van der Waals surface area (Å²) in [6, 6.07) is 4.07. The van der Waals surface area contributed by atoms with Crippen molar-refractivity contribution in [3.63, 3.8) is 0 Å². The number of halogens is 3. The molecule has 1 unspecified atom stereocenters. The second-order valence-corrected chi connectivity index (χ2v) is 9.35. The lowest BCUT2D eigenvalue weighted by molar-refractivity contribution is -0.137. The van der Waals surface area contributed by atoms with Crippen molar-refractivity contribution in [2.24, 2.45) is 22.4 Å². The van der Waals surface area contributed by atoms with Crippen LogP contribution >= 0.6 is 0 Å². The van der Waals surface area contributed by atoms with E-state index in [1.54, 1.807) is 12.2 Å². The maximum absolute atomic E-state index is 12.9. The second kappa shape index (κ2) is 6.73. The molecule has 5 nitrogen and oxygen atoms in total. The highest BCUT2D eigenvalue weighted by molar-refractivity contribution is 7.93. The number of hydrogen-bond acceptors (Lipinski definition) is 3. The van der Waals surface area contributed by atoms with E-state index in [1.165, 1.54) is 18.2 Å². The van der Waals surface area contributed by atoms with E-state index >= 15 is 0 Å². The molecule has 0 spiro atoms. The number of primary sulfonamides is 1. The summed E-state index contributed by atoms with van der Waals surface area (Å²) in [7, 11) is -3.76. The molecule has 2 aliphatic rings. The Bertz CT molecular complexity index is 965. The smallest absolute Gasteiger partial charge is 0.348 e. The van der Waals surface area contributed by atoms with E-state index in [2.05, 4.69) is 5.32 Å². The maximum Gasteiger partial charge on any atom is 0.416 e. The van der Waals surface area contributed by atoms with Crippen molar-refractivity contribution in [3.05, 3.63) is 58.5 Å². The van der Waals surface area contributed by atoms with Gasteiger partial charge < -0.3 is 5.32 Å². The molecule has 0 radical (unpaired) electrons. The van der Waals surface area contributed by atoms with Gasteiger partial charge in [-0.1, -0.05) is 32.1 Å². The van der Waals surface area contributed by atoms with Crippen LogP contribution in [0.4, 0.5) is 13.2 Å². The number of carbonyl (C=O) groups excluding carboxylic acids is 1. The molecule has 9 heteroatoms. The molecule has 0 heterocycles. The Morgan fingerprint density at radius 2 is 1.96 bits per heavy atom. The summed E-state index contributed by atoms with van der Waals surface area (Å²) in [5, 5.41) is 7.94. The molecule has 1 amide bonds. The van der Waals surface area contributed by atoms with Gasteiger partial charge in [0.25, 0.3) is 5.91 Å². The third-order valence-corrected chi connectivity index (χ3v) is 6.50. The number of hydrogen-bond donors (Lipinski definition) is 2. The molecular weight excluding hydrogens is 393 g/mol. The lowest BCUT2D eigenvalue weighted by atomic mass is 9.91. The normalized spacial score (nSPS) is 26.5. The Labute approximate surface area is 161 Å². The molecule has 3 N–H and O–H groups in total. The van der Waals surface area contributed by atoms with Crippen molar-refractivity contribution < 1.29 is 26.4 Å². The van der Waals surface area contributed by atoms with Gasteiger partial charge in [0, 0.05) is 11.6 Å². The van der Waals surface area contributed by atoms with Crippen LogP contribution in [0.2, 0.25) is 0 Å². The molecule has 2 aliphatic carbocycles. The topological polar surface area (TPSA) is 89.3 Å². The average Bonchev–Trinajstić information content (AvgIpc) is 3.13. The summed E-state index contributed by atoms with van der Waals surface area (Å²) < 4.78 is 61.3. The molecule has 152 valence electrons. The Morgan fingerprint density at radius 1 is 1.29 bits per heavy atom. The predicted octanol–water partition coefficient (Wildman–Crippen LogP) is 3.21. The van der Waals surface area contributed by atoms with Crippen LogP contribution in [-0.4, -0.2) is 20.4 Å². The fourth-order valence-corrected chi connectivity index (χ4v) is 4.50. The van der Waals surface area contributed by atoms with Crippen LogP contribution in [0.5, 0.6) is 0 Å². The number of nitrogens with two attached hydrogens (primary N) is 1. The summed E-state index contributed by atoms with van der Waals surface area (Å²) in [6.45, 7) is 3.92. The zero-order chi connectivity index (χ0) is 20.9. The number of alkyl halides is 3. The van der Waals surface area contributed by atoms with Crippen molar-refractivity contribution in [1.29, 1.82) is 0 Å². The lowest BCUT2D eigenvalue weighted by Crippen LogP contribution is -2.29. The van der Waals surface area contributed by atoms with Crippen LogP contribution in [0.3, 0.4) is 0 Å². The minimum atomic E-state index is -4.52. The summed E-state index contributed by atoms with van der Waals surface area (Å²) >= 11 is 0. The Balaban J connectivity index is 1.70. The number of nitrogens with one attached hydrogen (secondary N) is 1. The second-order valence-electron chi connectivity index (χ2n) is 7.79. The van der Waals surface area contributed by atoms with E-state index in [0.717, 1.165) is 12.1 Å². The van der Waals surface area contributed by atoms with Gasteiger partial charge in [0.1, 0.15) is 0 Å². The Kier molecular flexibility index (Phi) is 4.95.